The van der Waals surface area contributed by atoms with E-state index in [2.05, 4.69) is 13.8 Å². The summed E-state index contributed by atoms with van der Waals surface area (Å²) in [6, 6.07) is 4.08. The molecule has 0 saturated carbocycles. The Morgan fingerprint density at radius 1 is 1.44 bits per heavy atom. The van der Waals surface area contributed by atoms with Gasteiger partial charge < -0.3 is 0 Å². The summed E-state index contributed by atoms with van der Waals surface area (Å²) < 4.78 is 13.3. The van der Waals surface area contributed by atoms with Crippen LogP contribution in [0.2, 0.25) is 5.02 Å². The number of Topliss-reactive ketones (excluding diaryl/α,β-unsaturated/α-hetero) is 1. The number of carbonyl (C=O) groups excluding carboxylic acids is 1. The molecule has 0 N–H and O–H groups in total. The molecule has 3 heteroatoms. The van der Waals surface area contributed by atoms with Crippen molar-refractivity contribution in [3.05, 3.63) is 34.6 Å². The molecule has 0 heterocycles. The van der Waals surface area contributed by atoms with E-state index in [9.17, 15) is 9.18 Å². The Bertz CT molecular complexity index is 374. The molecule has 88 valence electrons. The normalized spacial score (nSPS) is 10.8. The number of benzene rings is 1. The second-order valence-corrected chi connectivity index (χ2v) is 4.77. The van der Waals surface area contributed by atoms with Crippen molar-refractivity contribution in [2.45, 2.75) is 33.1 Å². The lowest BCUT2D eigenvalue weighted by Crippen LogP contribution is -2.03. The van der Waals surface area contributed by atoms with Crippen molar-refractivity contribution < 1.29 is 9.18 Å². The van der Waals surface area contributed by atoms with Crippen LogP contribution < -0.4 is 0 Å². The van der Waals surface area contributed by atoms with Gasteiger partial charge in [0.2, 0.25) is 0 Å². The standard InChI is InChI=1S/C13H16ClFO/c1-9(2)4-3-5-13(16)11-8-10(14)6-7-12(11)15/h6-9H,3-5H2,1-2H3. The monoisotopic (exact) mass is 242 g/mol. The number of ketones is 1. The van der Waals surface area contributed by atoms with Crippen LogP contribution in [0.4, 0.5) is 4.39 Å². The minimum atomic E-state index is -0.487. The van der Waals surface area contributed by atoms with Crippen LogP contribution >= 0.6 is 11.6 Å². The van der Waals surface area contributed by atoms with E-state index in [1.807, 2.05) is 0 Å². The lowest BCUT2D eigenvalue weighted by Gasteiger charge is -2.05. The molecule has 0 bridgehead atoms. The highest BCUT2D eigenvalue weighted by Crippen LogP contribution is 2.18. The Hall–Kier alpha value is -0.890. The zero-order valence-corrected chi connectivity index (χ0v) is 10.4. The number of rotatable bonds is 5. The molecule has 0 amide bonds. The largest absolute Gasteiger partial charge is 0.294 e. The van der Waals surface area contributed by atoms with Crippen LogP contribution in [0.25, 0.3) is 0 Å². The fourth-order valence-corrected chi connectivity index (χ4v) is 1.69. The van der Waals surface area contributed by atoms with Gasteiger partial charge in [-0.2, -0.15) is 0 Å². The third-order valence-electron chi connectivity index (χ3n) is 2.41. The fraction of sp³-hybridized carbons (Fsp3) is 0.462. The molecule has 0 fully saturated rings. The second kappa shape index (κ2) is 6.00. The van der Waals surface area contributed by atoms with Crippen LogP contribution in [0.3, 0.4) is 0 Å². The fourth-order valence-electron chi connectivity index (χ4n) is 1.52. The first-order valence-electron chi connectivity index (χ1n) is 5.49. The van der Waals surface area contributed by atoms with E-state index in [1.54, 1.807) is 0 Å². The first-order chi connectivity index (χ1) is 7.50. The Labute approximate surface area is 101 Å². The first kappa shape index (κ1) is 13.2. The molecular weight excluding hydrogens is 227 g/mol. The van der Waals surface area contributed by atoms with E-state index in [0.717, 1.165) is 12.8 Å². The van der Waals surface area contributed by atoms with E-state index < -0.39 is 5.82 Å². The van der Waals surface area contributed by atoms with Gasteiger partial charge in [-0.25, -0.2) is 4.39 Å². The van der Waals surface area contributed by atoms with Gasteiger partial charge in [0.05, 0.1) is 5.56 Å². The quantitative estimate of drug-likeness (QED) is 0.696. The van der Waals surface area contributed by atoms with E-state index in [-0.39, 0.29) is 11.3 Å². The van der Waals surface area contributed by atoms with Crippen molar-refractivity contribution in [3.63, 3.8) is 0 Å². The molecule has 0 atom stereocenters. The molecule has 1 nitrogen and oxygen atoms in total. The SMILES string of the molecule is CC(C)CCCC(=O)c1cc(Cl)ccc1F. The maximum absolute atomic E-state index is 13.3. The maximum atomic E-state index is 13.3. The van der Waals surface area contributed by atoms with Crippen molar-refractivity contribution >= 4 is 17.4 Å². The second-order valence-electron chi connectivity index (χ2n) is 4.33. The summed E-state index contributed by atoms with van der Waals surface area (Å²) in [4.78, 5) is 11.7. The summed E-state index contributed by atoms with van der Waals surface area (Å²) >= 11 is 5.73. The van der Waals surface area contributed by atoms with E-state index in [1.165, 1.54) is 18.2 Å². The molecule has 0 radical (unpaired) electrons. The lowest BCUT2D eigenvalue weighted by molar-refractivity contribution is 0.0974. The van der Waals surface area contributed by atoms with Crippen LogP contribution in [-0.2, 0) is 0 Å². The molecular formula is C13H16ClFO. The Balaban J connectivity index is 2.62. The highest BCUT2D eigenvalue weighted by atomic mass is 35.5. The predicted molar refractivity (Wildman–Crippen MR) is 64.4 cm³/mol. The van der Waals surface area contributed by atoms with Crippen LogP contribution in [0.5, 0.6) is 0 Å². The Morgan fingerprint density at radius 3 is 2.75 bits per heavy atom. The van der Waals surface area contributed by atoms with Crippen LogP contribution in [0.15, 0.2) is 18.2 Å². The molecule has 1 aromatic rings. The van der Waals surface area contributed by atoms with Gasteiger partial charge in [-0.1, -0.05) is 31.9 Å². The summed E-state index contributed by atoms with van der Waals surface area (Å²) in [5, 5.41) is 0.397. The molecule has 0 unspecified atom stereocenters. The molecule has 0 saturated heterocycles. The van der Waals surface area contributed by atoms with Gasteiger partial charge in [0, 0.05) is 11.4 Å². The lowest BCUT2D eigenvalue weighted by atomic mass is 10.0. The van der Waals surface area contributed by atoms with E-state index in [4.69, 9.17) is 11.6 Å². The zero-order valence-electron chi connectivity index (χ0n) is 9.59. The molecule has 0 aliphatic carbocycles. The molecule has 0 aliphatic rings. The van der Waals surface area contributed by atoms with Gasteiger partial charge in [0.25, 0.3) is 0 Å². The maximum Gasteiger partial charge on any atom is 0.165 e. The number of hydrogen-bond donors (Lipinski definition) is 0. The molecule has 0 aromatic heterocycles. The zero-order chi connectivity index (χ0) is 12.1. The number of halogens is 2. The van der Waals surface area contributed by atoms with E-state index in [0.29, 0.717) is 17.4 Å². The molecule has 1 aromatic carbocycles. The molecule has 16 heavy (non-hydrogen) atoms. The van der Waals surface area contributed by atoms with Crippen molar-refractivity contribution in [1.29, 1.82) is 0 Å². The Kier molecular flexibility index (Phi) is 4.94. The number of hydrogen-bond acceptors (Lipinski definition) is 1. The predicted octanol–water partition coefficient (Wildman–Crippen LogP) is 4.49. The van der Waals surface area contributed by atoms with Gasteiger partial charge >= 0.3 is 0 Å². The van der Waals surface area contributed by atoms with Gasteiger partial charge in [-0.3, -0.25) is 4.79 Å². The summed E-state index contributed by atoms with van der Waals surface area (Å²) in [7, 11) is 0. The summed E-state index contributed by atoms with van der Waals surface area (Å²) in [6.07, 6.45) is 2.16. The van der Waals surface area contributed by atoms with Crippen LogP contribution in [0, 0.1) is 11.7 Å². The van der Waals surface area contributed by atoms with Crippen molar-refractivity contribution in [3.8, 4) is 0 Å². The smallest absolute Gasteiger partial charge is 0.165 e. The first-order valence-corrected chi connectivity index (χ1v) is 5.86. The summed E-state index contributed by atoms with van der Waals surface area (Å²) in [5.74, 6) is -0.0865. The van der Waals surface area contributed by atoms with Crippen LogP contribution in [0.1, 0.15) is 43.5 Å². The molecule has 1 rings (SSSR count). The highest BCUT2D eigenvalue weighted by Gasteiger charge is 2.12. The van der Waals surface area contributed by atoms with Crippen molar-refractivity contribution in [2.24, 2.45) is 5.92 Å². The van der Waals surface area contributed by atoms with Gasteiger partial charge in [-0.05, 0) is 30.5 Å². The average Bonchev–Trinajstić information content (AvgIpc) is 2.21. The van der Waals surface area contributed by atoms with Gasteiger partial charge in [0.1, 0.15) is 5.82 Å². The van der Waals surface area contributed by atoms with Crippen molar-refractivity contribution in [1.82, 2.24) is 0 Å². The topological polar surface area (TPSA) is 17.1 Å². The third-order valence-corrected chi connectivity index (χ3v) is 2.65. The van der Waals surface area contributed by atoms with Gasteiger partial charge in [0.15, 0.2) is 5.78 Å². The summed E-state index contributed by atoms with van der Waals surface area (Å²) in [5.41, 5.74) is 0.108. The average molecular weight is 243 g/mol. The van der Waals surface area contributed by atoms with Crippen LogP contribution in [-0.4, -0.2) is 5.78 Å². The molecule has 0 aliphatic heterocycles. The van der Waals surface area contributed by atoms with Crippen molar-refractivity contribution in [2.75, 3.05) is 0 Å². The summed E-state index contributed by atoms with van der Waals surface area (Å²) in [6.45, 7) is 4.20. The van der Waals surface area contributed by atoms with E-state index >= 15 is 0 Å². The van der Waals surface area contributed by atoms with Gasteiger partial charge in [-0.15, -0.1) is 0 Å². The minimum Gasteiger partial charge on any atom is -0.294 e. The highest BCUT2D eigenvalue weighted by molar-refractivity contribution is 6.31. The molecule has 0 spiro atoms. The minimum absolute atomic E-state index is 0.108. The third kappa shape index (κ3) is 3.93. The Morgan fingerprint density at radius 2 is 2.12 bits per heavy atom. The number of carbonyl (C=O) groups is 1.